The largest absolute Gasteiger partial charge is 0.480 e. The number of hydrogen-bond acceptors (Lipinski definition) is 4. The summed E-state index contributed by atoms with van der Waals surface area (Å²) in [4.78, 5) is 24.0. The highest BCUT2D eigenvalue weighted by atomic mass is 16.5. The number of aliphatic carboxylic acids is 1. The number of carbonyl (C=O) groups excluding carboxylic acids is 1. The van der Waals surface area contributed by atoms with Crippen molar-refractivity contribution in [3.05, 3.63) is 0 Å². The van der Waals surface area contributed by atoms with Crippen LogP contribution in [0.2, 0.25) is 0 Å². The summed E-state index contributed by atoms with van der Waals surface area (Å²) in [6, 6.07) is 0. The summed E-state index contributed by atoms with van der Waals surface area (Å²) in [7, 11) is 1.89. The number of ether oxygens (including phenoxy) is 1. The Hall–Kier alpha value is -1.14. The first-order valence-electron chi connectivity index (χ1n) is 7.83. The van der Waals surface area contributed by atoms with E-state index in [9.17, 15) is 14.7 Å². The van der Waals surface area contributed by atoms with E-state index < -0.39 is 11.5 Å². The molecule has 2 fully saturated rings. The second kappa shape index (κ2) is 6.75. The van der Waals surface area contributed by atoms with Gasteiger partial charge in [0, 0.05) is 38.0 Å². The van der Waals surface area contributed by atoms with Crippen LogP contribution >= 0.6 is 0 Å². The van der Waals surface area contributed by atoms with Gasteiger partial charge in [-0.2, -0.15) is 0 Å². The molecule has 2 rings (SSSR count). The van der Waals surface area contributed by atoms with E-state index in [-0.39, 0.29) is 11.4 Å². The third-order valence-corrected chi connectivity index (χ3v) is 4.97. The smallest absolute Gasteiger partial charge is 0.329 e. The molecule has 0 atom stereocenters. The molecule has 0 radical (unpaired) electrons. The zero-order valence-corrected chi connectivity index (χ0v) is 12.7. The van der Waals surface area contributed by atoms with Crippen molar-refractivity contribution in [2.45, 2.75) is 62.4 Å². The molecule has 3 N–H and O–H groups in total. The topological polar surface area (TPSA) is 87.7 Å². The standard InChI is InChI=1S/C15H26N2O4/c1-16-14(5-3-2-4-6-14)11-12(18)17-15(13(19)20)7-9-21-10-8-15/h16H,2-11H2,1H3,(H,17,18)(H,19,20). The number of carbonyl (C=O) groups is 2. The van der Waals surface area contributed by atoms with Crippen LogP contribution in [0.1, 0.15) is 51.4 Å². The van der Waals surface area contributed by atoms with Crippen molar-refractivity contribution in [3.8, 4) is 0 Å². The van der Waals surface area contributed by atoms with Crippen LogP contribution in [0.4, 0.5) is 0 Å². The van der Waals surface area contributed by atoms with E-state index in [1.165, 1.54) is 6.42 Å². The lowest BCUT2D eigenvalue weighted by Crippen LogP contribution is -2.59. The lowest BCUT2D eigenvalue weighted by atomic mass is 9.79. The highest BCUT2D eigenvalue weighted by Gasteiger charge is 2.43. The van der Waals surface area contributed by atoms with E-state index in [1.54, 1.807) is 0 Å². The number of carboxylic acids is 1. The summed E-state index contributed by atoms with van der Waals surface area (Å²) in [5.41, 5.74) is -1.33. The van der Waals surface area contributed by atoms with Crippen LogP contribution in [-0.4, -0.2) is 48.3 Å². The molecular weight excluding hydrogens is 272 g/mol. The van der Waals surface area contributed by atoms with E-state index in [0.717, 1.165) is 25.7 Å². The molecule has 6 heteroatoms. The fourth-order valence-corrected chi connectivity index (χ4v) is 3.47. The SMILES string of the molecule is CNC1(CC(=O)NC2(C(=O)O)CCOCC2)CCCCC1. The molecule has 6 nitrogen and oxygen atoms in total. The highest BCUT2D eigenvalue weighted by molar-refractivity contribution is 5.87. The summed E-state index contributed by atoms with van der Waals surface area (Å²) in [6.07, 6.45) is 6.40. The third kappa shape index (κ3) is 3.74. The van der Waals surface area contributed by atoms with Crippen molar-refractivity contribution in [3.63, 3.8) is 0 Å². The molecule has 0 aromatic heterocycles. The Morgan fingerprint density at radius 2 is 1.71 bits per heavy atom. The van der Waals surface area contributed by atoms with Gasteiger partial charge < -0.3 is 20.5 Å². The third-order valence-electron chi connectivity index (χ3n) is 4.97. The lowest BCUT2D eigenvalue weighted by Gasteiger charge is -2.39. The van der Waals surface area contributed by atoms with Gasteiger partial charge >= 0.3 is 5.97 Å². The molecule has 1 saturated heterocycles. The van der Waals surface area contributed by atoms with Gasteiger partial charge in [-0.25, -0.2) is 4.79 Å². The van der Waals surface area contributed by atoms with Crippen LogP contribution in [-0.2, 0) is 14.3 Å². The van der Waals surface area contributed by atoms with E-state index in [2.05, 4.69) is 10.6 Å². The molecule has 0 aromatic rings. The average molecular weight is 298 g/mol. The predicted octanol–water partition coefficient (Wildman–Crippen LogP) is 1.05. The van der Waals surface area contributed by atoms with Crippen LogP contribution in [0.5, 0.6) is 0 Å². The quantitative estimate of drug-likeness (QED) is 0.706. The number of amides is 1. The molecule has 1 amide bonds. The van der Waals surface area contributed by atoms with Crippen molar-refractivity contribution >= 4 is 11.9 Å². The van der Waals surface area contributed by atoms with Gasteiger partial charge in [-0.05, 0) is 19.9 Å². The summed E-state index contributed by atoms with van der Waals surface area (Å²) < 4.78 is 5.22. The van der Waals surface area contributed by atoms with Gasteiger partial charge in [0.15, 0.2) is 0 Å². The summed E-state index contributed by atoms with van der Waals surface area (Å²) in [5.74, 6) is -1.13. The van der Waals surface area contributed by atoms with Gasteiger partial charge in [0.2, 0.25) is 5.91 Å². The molecule has 2 aliphatic rings. The maximum Gasteiger partial charge on any atom is 0.329 e. The molecule has 0 aromatic carbocycles. The summed E-state index contributed by atoms with van der Waals surface area (Å²) >= 11 is 0. The Labute approximate surface area is 125 Å². The van der Waals surface area contributed by atoms with Gasteiger partial charge in [0.05, 0.1) is 0 Å². The predicted molar refractivity (Wildman–Crippen MR) is 78.1 cm³/mol. The molecule has 0 spiro atoms. The Morgan fingerprint density at radius 3 is 2.24 bits per heavy atom. The number of hydrogen-bond donors (Lipinski definition) is 3. The molecule has 0 bridgehead atoms. The van der Waals surface area contributed by atoms with Crippen molar-refractivity contribution in [1.82, 2.24) is 10.6 Å². The maximum atomic E-state index is 12.4. The second-order valence-electron chi connectivity index (χ2n) is 6.32. The normalized spacial score (nSPS) is 24.2. The van der Waals surface area contributed by atoms with Gasteiger partial charge in [0.1, 0.15) is 5.54 Å². The van der Waals surface area contributed by atoms with Crippen molar-refractivity contribution in [2.24, 2.45) is 0 Å². The van der Waals surface area contributed by atoms with Gasteiger partial charge in [-0.3, -0.25) is 4.79 Å². The molecule has 0 unspecified atom stereocenters. The number of nitrogens with one attached hydrogen (secondary N) is 2. The Balaban J connectivity index is 2.00. The first kappa shape index (κ1) is 16.2. The van der Waals surface area contributed by atoms with E-state index in [0.29, 0.717) is 32.5 Å². The average Bonchev–Trinajstić information content (AvgIpc) is 2.48. The molecule has 1 heterocycles. The van der Waals surface area contributed by atoms with Gasteiger partial charge in [0.25, 0.3) is 0 Å². The first-order valence-corrected chi connectivity index (χ1v) is 7.83. The summed E-state index contributed by atoms with van der Waals surface area (Å²) in [5, 5.41) is 15.6. The molecule has 1 saturated carbocycles. The number of rotatable bonds is 5. The van der Waals surface area contributed by atoms with Crippen molar-refractivity contribution in [2.75, 3.05) is 20.3 Å². The number of carboxylic acid groups (broad SMARTS) is 1. The Morgan fingerprint density at radius 1 is 1.10 bits per heavy atom. The van der Waals surface area contributed by atoms with Crippen LogP contribution in [0, 0.1) is 0 Å². The molecule has 1 aliphatic carbocycles. The maximum absolute atomic E-state index is 12.4. The first-order chi connectivity index (χ1) is 10.0. The fourth-order valence-electron chi connectivity index (χ4n) is 3.47. The zero-order valence-electron chi connectivity index (χ0n) is 12.7. The van der Waals surface area contributed by atoms with Crippen molar-refractivity contribution < 1.29 is 19.4 Å². The van der Waals surface area contributed by atoms with Crippen LogP contribution in [0.25, 0.3) is 0 Å². The van der Waals surface area contributed by atoms with E-state index in [1.807, 2.05) is 7.05 Å². The Bertz CT molecular complexity index is 385. The van der Waals surface area contributed by atoms with Gasteiger partial charge in [-0.15, -0.1) is 0 Å². The fraction of sp³-hybridized carbons (Fsp3) is 0.867. The van der Waals surface area contributed by atoms with E-state index in [4.69, 9.17) is 4.74 Å². The van der Waals surface area contributed by atoms with Crippen molar-refractivity contribution in [1.29, 1.82) is 0 Å². The Kier molecular flexibility index (Phi) is 5.22. The minimum absolute atomic E-state index is 0.171. The minimum Gasteiger partial charge on any atom is -0.480 e. The van der Waals surface area contributed by atoms with Crippen LogP contribution in [0.15, 0.2) is 0 Å². The lowest BCUT2D eigenvalue weighted by molar-refractivity contribution is -0.152. The van der Waals surface area contributed by atoms with Gasteiger partial charge in [-0.1, -0.05) is 19.3 Å². The molecular formula is C15H26N2O4. The highest BCUT2D eigenvalue weighted by Crippen LogP contribution is 2.31. The van der Waals surface area contributed by atoms with E-state index >= 15 is 0 Å². The molecule has 120 valence electrons. The zero-order chi connectivity index (χ0) is 15.3. The molecule has 1 aliphatic heterocycles. The monoisotopic (exact) mass is 298 g/mol. The van der Waals surface area contributed by atoms with Crippen LogP contribution in [0.3, 0.4) is 0 Å². The minimum atomic E-state index is -1.15. The molecule has 21 heavy (non-hydrogen) atoms. The van der Waals surface area contributed by atoms with Crippen LogP contribution < -0.4 is 10.6 Å². The second-order valence-corrected chi connectivity index (χ2v) is 6.32. The summed E-state index contributed by atoms with van der Waals surface area (Å²) in [6.45, 7) is 0.757.